The number of rotatable bonds is 6. The second-order valence-electron chi connectivity index (χ2n) is 8.67. The van der Waals surface area contributed by atoms with E-state index >= 15 is 0 Å². The molecule has 2 atom stereocenters. The molecule has 138 valence electrons. The van der Waals surface area contributed by atoms with Crippen LogP contribution in [0.1, 0.15) is 53.1 Å². The Morgan fingerprint density at radius 3 is 2.04 bits per heavy atom. The molecule has 0 saturated heterocycles. The second kappa shape index (κ2) is 8.23. The van der Waals surface area contributed by atoms with Crippen molar-refractivity contribution in [3.63, 3.8) is 0 Å². The van der Waals surface area contributed by atoms with Gasteiger partial charge in [-0.25, -0.2) is 0 Å². The molecule has 0 unspecified atom stereocenters. The predicted octanol–water partition coefficient (Wildman–Crippen LogP) is 5.56. The molecule has 0 fully saturated rings. The standard InChI is InChI=1S/C18H32BrNO2SSi/c1-17(2,3)23(21)20-16(14-9-11-15(19)12-10-14)13-22-24(7,8)18(4,5)6/h9-12,16,20H,13H2,1-8H3/t16-,23+/m1/s1. The van der Waals surface area contributed by atoms with Crippen LogP contribution in [-0.2, 0) is 15.8 Å². The topological polar surface area (TPSA) is 44.3 Å². The van der Waals surface area contributed by atoms with Crippen LogP contribution in [0.3, 0.4) is 0 Å². The second-order valence-corrected chi connectivity index (χ2v) is 16.4. The van der Waals surface area contributed by atoms with Gasteiger partial charge in [0.1, 0.15) is 4.75 Å². The van der Waals surface area contributed by atoms with E-state index in [9.17, 15) is 4.55 Å². The third kappa shape index (κ3) is 6.46. The molecule has 0 radical (unpaired) electrons. The molecule has 3 nitrogen and oxygen atoms in total. The summed E-state index contributed by atoms with van der Waals surface area (Å²) < 4.78 is 23.0. The van der Waals surface area contributed by atoms with Crippen LogP contribution in [0, 0.1) is 0 Å². The van der Waals surface area contributed by atoms with E-state index in [1.54, 1.807) is 0 Å². The lowest BCUT2D eigenvalue weighted by Gasteiger charge is -2.37. The summed E-state index contributed by atoms with van der Waals surface area (Å²) in [5.41, 5.74) is 1.09. The molecule has 0 heterocycles. The smallest absolute Gasteiger partial charge is 0.192 e. The van der Waals surface area contributed by atoms with Gasteiger partial charge in [-0.3, -0.25) is 0 Å². The molecule has 1 rings (SSSR count). The summed E-state index contributed by atoms with van der Waals surface area (Å²) in [6.07, 6.45) is 0. The van der Waals surface area contributed by atoms with Crippen molar-refractivity contribution in [3.05, 3.63) is 34.3 Å². The summed E-state index contributed by atoms with van der Waals surface area (Å²) in [6.45, 7) is 17.6. The quantitative estimate of drug-likeness (QED) is 0.471. The third-order valence-electron chi connectivity index (χ3n) is 4.49. The first-order valence-corrected chi connectivity index (χ1v) is 13.2. The molecule has 0 amide bonds. The number of hydrogen-bond donors (Lipinski definition) is 1. The van der Waals surface area contributed by atoms with Crippen LogP contribution in [0.4, 0.5) is 0 Å². The van der Waals surface area contributed by atoms with Gasteiger partial charge in [0, 0.05) is 15.8 Å². The van der Waals surface area contributed by atoms with Crippen LogP contribution in [-0.4, -0.2) is 24.2 Å². The molecule has 0 aromatic heterocycles. The Morgan fingerprint density at radius 1 is 1.12 bits per heavy atom. The molecule has 0 aliphatic carbocycles. The molecule has 0 spiro atoms. The monoisotopic (exact) mass is 433 g/mol. The largest absolute Gasteiger partial charge is 0.598 e. The van der Waals surface area contributed by atoms with Crippen molar-refractivity contribution in [1.29, 1.82) is 0 Å². The molecular formula is C18H32BrNO2SSi. The molecule has 1 aromatic carbocycles. The Balaban J connectivity index is 2.95. The summed E-state index contributed by atoms with van der Waals surface area (Å²) in [5, 5.41) is 0.153. The SMILES string of the molecule is CC(C)(C)[S@+]([O-])N[C@H](CO[Si](C)(C)C(C)(C)C)c1ccc(Br)cc1. The van der Waals surface area contributed by atoms with Crippen LogP contribution in [0.2, 0.25) is 18.1 Å². The minimum Gasteiger partial charge on any atom is -0.598 e. The number of halogens is 1. The van der Waals surface area contributed by atoms with Gasteiger partial charge >= 0.3 is 0 Å². The van der Waals surface area contributed by atoms with Crippen LogP contribution < -0.4 is 4.72 Å². The Kier molecular flexibility index (Phi) is 7.61. The van der Waals surface area contributed by atoms with E-state index in [-0.39, 0.29) is 15.8 Å². The highest BCUT2D eigenvalue weighted by Crippen LogP contribution is 2.37. The van der Waals surface area contributed by atoms with Crippen molar-refractivity contribution in [2.45, 2.75) is 70.5 Å². The zero-order chi connectivity index (χ0) is 18.8. The van der Waals surface area contributed by atoms with Crippen molar-refractivity contribution >= 4 is 35.6 Å². The van der Waals surface area contributed by atoms with E-state index in [2.05, 4.69) is 66.7 Å². The summed E-state index contributed by atoms with van der Waals surface area (Å²) >= 11 is 2.32. The zero-order valence-corrected chi connectivity index (χ0v) is 19.6. The Bertz CT molecular complexity index is 523. The maximum atomic E-state index is 12.6. The van der Waals surface area contributed by atoms with Gasteiger partial charge in [-0.15, -0.1) is 4.72 Å². The van der Waals surface area contributed by atoms with Crippen molar-refractivity contribution in [2.75, 3.05) is 6.61 Å². The van der Waals surface area contributed by atoms with E-state index in [1.165, 1.54) is 0 Å². The molecule has 0 bridgehead atoms. The maximum Gasteiger partial charge on any atom is 0.192 e. The van der Waals surface area contributed by atoms with Gasteiger partial charge in [-0.1, -0.05) is 48.8 Å². The molecule has 1 N–H and O–H groups in total. The van der Waals surface area contributed by atoms with Gasteiger partial charge in [0.25, 0.3) is 0 Å². The first kappa shape index (κ1) is 22.2. The molecule has 6 heteroatoms. The van der Waals surface area contributed by atoms with Gasteiger partial charge < -0.3 is 8.98 Å². The third-order valence-corrected chi connectivity index (χ3v) is 11.1. The van der Waals surface area contributed by atoms with Crippen molar-refractivity contribution in [3.8, 4) is 0 Å². The van der Waals surface area contributed by atoms with Gasteiger partial charge in [-0.05, 0) is 56.6 Å². The highest BCUT2D eigenvalue weighted by atomic mass is 79.9. The highest BCUT2D eigenvalue weighted by Gasteiger charge is 2.38. The molecule has 0 aliphatic rings. The lowest BCUT2D eigenvalue weighted by Crippen LogP contribution is -2.46. The zero-order valence-electron chi connectivity index (χ0n) is 16.2. The van der Waals surface area contributed by atoms with Gasteiger partial charge in [0.15, 0.2) is 8.32 Å². The van der Waals surface area contributed by atoms with Gasteiger partial charge in [0.05, 0.1) is 12.6 Å². The minimum atomic E-state index is -1.86. The van der Waals surface area contributed by atoms with Crippen LogP contribution in [0.5, 0.6) is 0 Å². The molecule has 1 aromatic rings. The Labute approximate surface area is 160 Å². The van der Waals surface area contributed by atoms with Crippen LogP contribution in [0.15, 0.2) is 28.7 Å². The van der Waals surface area contributed by atoms with E-state index in [0.717, 1.165) is 10.0 Å². The number of benzene rings is 1. The number of hydrogen-bond acceptors (Lipinski definition) is 3. The van der Waals surface area contributed by atoms with Crippen molar-refractivity contribution in [2.24, 2.45) is 0 Å². The van der Waals surface area contributed by atoms with Crippen LogP contribution >= 0.6 is 15.9 Å². The van der Waals surface area contributed by atoms with Gasteiger partial charge in [0.2, 0.25) is 0 Å². The summed E-state index contributed by atoms with van der Waals surface area (Å²) in [5.74, 6) is 0. The molecule has 0 aliphatic heterocycles. The van der Waals surface area contributed by atoms with Crippen molar-refractivity contribution in [1.82, 2.24) is 4.72 Å². The minimum absolute atomic E-state index is 0.0905. The van der Waals surface area contributed by atoms with E-state index in [0.29, 0.717) is 6.61 Å². The summed E-state index contributed by atoms with van der Waals surface area (Å²) in [4.78, 5) is 0. The lowest BCUT2D eigenvalue weighted by molar-refractivity contribution is 0.256. The molecular weight excluding hydrogens is 402 g/mol. The molecule has 24 heavy (non-hydrogen) atoms. The van der Waals surface area contributed by atoms with Gasteiger partial charge in [-0.2, -0.15) is 0 Å². The predicted molar refractivity (Wildman–Crippen MR) is 111 cm³/mol. The molecule has 0 saturated carbocycles. The average Bonchev–Trinajstić information content (AvgIpc) is 2.42. The lowest BCUT2D eigenvalue weighted by atomic mass is 10.1. The Morgan fingerprint density at radius 2 is 1.62 bits per heavy atom. The maximum absolute atomic E-state index is 12.6. The number of nitrogens with one attached hydrogen (secondary N) is 1. The van der Waals surface area contributed by atoms with Crippen LogP contribution in [0.25, 0.3) is 0 Å². The average molecular weight is 435 g/mol. The summed E-state index contributed by atoms with van der Waals surface area (Å²) in [6, 6.07) is 8.03. The first-order chi connectivity index (χ1) is 10.7. The van der Waals surface area contributed by atoms with Crippen molar-refractivity contribution < 1.29 is 8.98 Å². The fraction of sp³-hybridized carbons (Fsp3) is 0.667. The summed E-state index contributed by atoms with van der Waals surface area (Å²) in [7, 11) is -1.86. The highest BCUT2D eigenvalue weighted by molar-refractivity contribution is 9.10. The Hall–Kier alpha value is 0.147. The first-order valence-electron chi connectivity index (χ1n) is 8.31. The normalized spacial score (nSPS) is 16.1. The van der Waals surface area contributed by atoms with E-state index < -0.39 is 19.7 Å². The fourth-order valence-electron chi connectivity index (χ4n) is 1.71. The van der Waals surface area contributed by atoms with E-state index in [1.807, 2.05) is 32.9 Å². The van der Waals surface area contributed by atoms with E-state index in [4.69, 9.17) is 4.43 Å². The fourth-order valence-corrected chi connectivity index (χ4v) is 3.80.